The van der Waals surface area contributed by atoms with Crippen LogP contribution in [0.4, 0.5) is 36.3 Å². The highest BCUT2D eigenvalue weighted by Crippen LogP contribution is 2.35. The van der Waals surface area contributed by atoms with Crippen molar-refractivity contribution in [3.8, 4) is 11.5 Å². The second-order valence-electron chi connectivity index (χ2n) is 8.16. The number of halogens is 3. The second-order valence-corrected chi connectivity index (χ2v) is 8.16. The number of rotatable bonds is 11. The number of unbranched alkanes of at least 4 members (excludes halogenated alkanes) is 1. The highest BCUT2D eigenvalue weighted by atomic mass is 19.4. The van der Waals surface area contributed by atoms with Gasteiger partial charge in [0, 0.05) is 23.6 Å². The van der Waals surface area contributed by atoms with Gasteiger partial charge in [0.2, 0.25) is 5.95 Å². The molecule has 1 aromatic heterocycles. The van der Waals surface area contributed by atoms with Crippen LogP contribution in [0.3, 0.4) is 0 Å². The van der Waals surface area contributed by atoms with Crippen molar-refractivity contribution >= 4 is 23.1 Å². The van der Waals surface area contributed by atoms with E-state index in [1.165, 1.54) is 0 Å². The van der Waals surface area contributed by atoms with Gasteiger partial charge >= 0.3 is 6.18 Å². The zero-order valence-corrected chi connectivity index (χ0v) is 19.4. The lowest BCUT2D eigenvalue weighted by molar-refractivity contribution is -0.137. The number of nitrogens with zero attached hydrogens (tertiary/aromatic N) is 2. The fraction of sp³-hybridized carbons (Fsp3) is 0.360. The number of alkyl halides is 3. The van der Waals surface area contributed by atoms with Gasteiger partial charge in [0.05, 0.1) is 13.2 Å². The summed E-state index contributed by atoms with van der Waals surface area (Å²) >= 11 is 0. The van der Waals surface area contributed by atoms with E-state index in [9.17, 15) is 13.2 Å². The Balaban J connectivity index is 1.78. The van der Waals surface area contributed by atoms with Crippen molar-refractivity contribution in [2.75, 3.05) is 23.8 Å². The van der Waals surface area contributed by atoms with E-state index >= 15 is 0 Å². The number of benzene rings is 2. The third-order valence-corrected chi connectivity index (χ3v) is 4.65. The van der Waals surface area contributed by atoms with Crippen molar-refractivity contribution in [1.82, 2.24) is 9.97 Å². The van der Waals surface area contributed by atoms with Crippen molar-refractivity contribution in [2.45, 2.75) is 39.8 Å². The zero-order valence-electron chi connectivity index (χ0n) is 19.4. The van der Waals surface area contributed by atoms with Gasteiger partial charge in [0.15, 0.2) is 0 Å². The Morgan fingerprint density at radius 2 is 1.71 bits per heavy atom. The SMILES string of the molecule is CCCCOc1cccc(Nc2nc(Nc3ccc(OCC(C)C)cc3)ncc2C(F)(F)F)c1. The quantitative estimate of drug-likeness (QED) is 0.287. The van der Waals surface area contributed by atoms with Gasteiger partial charge in [0.1, 0.15) is 22.9 Å². The summed E-state index contributed by atoms with van der Waals surface area (Å²) in [5.74, 6) is 1.34. The summed E-state index contributed by atoms with van der Waals surface area (Å²) in [4.78, 5) is 7.95. The van der Waals surface area contributed by atoms with Crippen LogP contribution in [0.1, 0.15) is 39.2 Å². The predicted octanol–water partition coefficient (Wildman–Crippen LogP) is 7.20. The molecule has 0 amide bonds. The maximum Gasteiger partial charge on any atom is 0.421 e. The van der Waals surface area contributed by atoms with Gasteiger partial charge in [-0.25, -0.2) is 4.98 Å². The minimum Gasteiger partial charge on any atom is -0.494 e. The Hall–Kier alpha value is -3.49. The molecule has 34 heavy (non-hydrogen) atoms. The van der Waals surface area contributed by atoms with Crippen LogP contribution in [-0.2, 0) is 6.18 Å². The Labute approximate surface area is 197 Å². The summed E-state index contributed by atoms with van der Waals surface area (Å²) in [6.07, 6.45) is -1.98. The highest BCUT2D eigenvalue weighted by molar-refractivity contribution is 5.64. The van der Waals surface area contributed by atoms with E-state index < -0.39 is 11.7 Å². The minimum atomic E-state index is -4.62. The van der Waals surface area contributed by atoms with Gasteiger partial charge in [-0.2, -0.15) is 18.2 Å². The third-order valence-electron chi connectivity index (χ3n) is 4.65. The number of nitrogens with one attached hydrogen (secondary N) is 2. The van der Waals surface area contributed by atoms with Crippen LogP contribution in [0.5, 0.6) is 11.5 Å². The monoisotopic (exact) mass is 474 g/mol. The lowest BCUT2D eigenvalue weighted by Gasteiger charge is -2.15. The first-order valence-corrected chi connectivity index (χ1v) is 11.2. The Morgan fingerprint density at radius 1 is 0.941 bits per heavy atom. The first-order valence-electron chi connectivity index (χ1n) is 11.2. The fourth-order valence-electron chi connectivity index (χ4n) is 2.91. The van der Waals surface area contributed by atoms with Crippen LogP contribution >= 0.6 is 0 Å². The molecule has 3 rings (SSSR count). The van der Waals surface area contributed by atoms with Crippen LogP contribution in [0.2, 0.25) is 0 Å². The second kappa shape index (κ2) is 11.6. The molecular formula is C25H29F3N4O2. The minimum absolute atomic E-state index is 0.0294. The largest absolute Gasteiger partial charge is 0.494 e. The molecule has 0 fully saturated rings. The first-order chi connectivity index (χ1) is 16.2. The Bertz CT molecular complexity index is 1060. The predicted molar refractivity (Wildman–Crippen MR) is 127 cm³/mol. The molecule has 0 atom stereocenters. The molecule has 3 aromatic rings. The molecule has 182 valence electrons. The molecule has 2 aromatic carbocycles. The van der Waals surface area contributed by atoms with E-state index in [4.69, 9.17) is 9.47 Å². The summed E-state index contributed by atoms with van der Waals surface area (Å²) in [5, 5.41) is 5.70. The topological polar surface area (TPSA) is 68.3 Å². The van der Waals surface area contributed by atoms with E-state index in [-0.39, 0.29) is 11.8 Å². The number of hydrogen-bond acceptors (Lipinski definition) is 6. The average Bonchev–Trinajstić information content (AvgIpc) is 2.78. The van der Waals surface area contributed by atoms with Crippen molar-refractivity contribution < 1.29 is 22.6 Å². The molecule has 0 aliphatic carbocycles. The van der Waals surface area contributed by atoms with Crippen LogP contribution in [-0.4, -0.2) is 23.2 Å². The van der Waals surface area contributed by atoms with Crippen LogP contribution in [0.25, 0.3) is 0 Å². The van der Waals surface area contributed by atoms with Gasteiger partial charge < -0.3 is 20.1 Å². The zero-order chi connectivity index (χ0) is 24.6. The molecule has 0 aliphatic heterocycles. The molecule has 0 spiro atoms. The first kappa shape index (κ1) is 25.1. The van der Waals surface area contributed by atoms with Crippen molar-refractivity contribution in [2.24, 2.45) is 5.92 Å². The molecule has 2 N–H and O–H groups in total. The van der Waals surface area contributed by atoms with Crippen LogP contribution < -0.4 is 20.1 Å². The maximum absolute atomic E-state index is 13.6. The lowest BCUT2D eigenvalue weighted by atomic mass is 10.2. The highest BCUT2D eigenvalue weighted by Gasteiger charge is 2.35. The molecular weight excluding hydrogens is 445 g/mol. The molecule has 9 heteroatoms. The Kier molecular flexibility index (Phi) is 8.56. The van der Waals surface area contributed by atoms with E-state index in [1.807, 2.05) is 0 Å². The third kappa shape index (κ3) is 7.54. The van der Waals surface area contributed by atoms with Gasteiger partial charge in [-0.15, -0.1) is 0 Å². The number of ether oxygens (including phenoxy) is 2. The van der Waals surface area contributed by atoms with Crippen molar-refractivity contribution in [3.05, 3.63) is 60.3 Å². The van der Waals surface area contributed by atoms with Gasteiger partial charge in [0.25, 0.3) is 0 Å². The van der Waals surface area contributed by atoms with Crippen LogP contribution in [0, 0.1) is 5.92 Å². The molecule has 0 saturated carbocycles. The summed E-state index contributed by atoms with van der Waals surface area (Å²) in [6.45, 7) is 7.29. The normalized spacial score (nSPS) is 11.4. The van der Waals surface area contributed by atoms with E-state index in [2.05, 4.69) is 41.4 Å². The molecule has 0 aliphatic rings. The average molecular weight is 475 g/mol. The molecule has 0 bridgehead atoms. The lowest BCUT2D eigenvalue weighted by Crippen LogP contribution is -2.12. The molecule has 1 heterocycles. The van der Waals surface area contributed by atoms with E-state index in [0.29, 0.717) is 42.0 Å². The molecule has 6 nitrogen and oxygen atoms in total. The number of anilines is 4. The number of aromatic nitrogens is 2. The summed E-state index contributed by atoms with van der Waals surface area (Å²) < 4.78 is 52.1. The molecule has 0 unspecified atom stereocenters. The molecule has 0 radical (unpaired) electrons. The van der Waals surface area contributed by atoms with E-state index in [1.54, 1.807) is 48.5 Å². The Morgan fingerprint density at radius 3 is 2.38 bits per heavy atom. The van der Waals surface area contributed by atoms with Crippen molar-refractivity contribution in [1.29, 1.82) is 0 Å². The van der Waals surface area contributed by atoms with Gasteiger partial charge in [-0.3, -0.25) is 0 Å². The maximum atomic E-state index is 13.6. The van der Waals surface area contributed by atoms with Gasteiger partial charge in [-0.1, -0.05) is 33.3 Å². The van der Waals surface area contributed by atoms with E-state index in [0.717, 1.165) is 19.0 Å². The standard InChI is InChI=1S/C25H29F3N4O2/c1-4-5-13-33-21-8-6-7-19(14-21)30-23-22(25(26,27)28)15-29-24(32-23)31-18-9-11-20(12-10-18)34-16-17(2)3/h6-12,14-15,17H,4-5,13,16H2,1-3H3,(H2,29,30,31,32). The summed E-state index contributed by atoms with van der Waals surface area (Å²) in [5.41, 5.74) is 0.0810. The van der Waals surface area contributed by atoms with Crippen LogP contribution in [0.15, 0.2) is 54.7 Å². The van der Waals surface area contributed by atoms with Gasteiger partial charge in [-0.05, 0) is 48.7 Å². The smallest absolute Gasteiger partial charge is 0.421 e. The van der Waals surface area contributed by atoms with Crippen molar-refractivity contribution in [3.63, 3.8) is 0 Å². The molecule has 0 saturated heterocycles. The fourth-order valence-corrected chi connectivity index (χ4v) is 2.91. The summed E-state index contributed by atoms with van der Waals surface area (Å²) in [6, 6.07) is 13.8. The summed E-state index contributed by atoms with van der Waals surface area (Å²) in [7, 11) is 0. The number of hydrogen-bond donors (Lipinski definition) is 2.